The van der Waals surface area contributed by atoms with Crippen LogP contribution in [0, 0.1) is 0 Å². The van der Waals surface area contributed by atoms with Crippen molar-refractivity contribution in [1.82, 2.24) is 10.6 Å². The van der Waals surface area contributed by atoms with E-state index >= 15 is 0 Å². The molecule has 1 saturated heterocycles. The van der Waals surface area contributed by atoms with Crippen LogP contribution < -0.4 is 10.6 Å². The first-order chi connectivity index (χ1) is 10.3. The zero-order chi connectivity index (χ0) is 14.5. The maximum absolute atomic E-state index is 12.2. The second-order valence-corrected chi connectivity index (χ2v) is 5.46. The van der Waals surface area contributed by atoms with E-state index in [1.54, 1.807) is 0 Å². The topological polar surface area (TPSA) is 41.1 Å². The van der Waals surface area contributed by atoms with Crippen LogP contribution in [0.5, 0.6) is 0 Å². The Morgan fingerprint density at radius 2 is 1.68 bits per heavy atom. The lowest BCUT2D eigenvalue weighted by molar-refractivity contribution is 0.0930. The molecule has 0 saturated carbocycles. The Labute approximate surface area is 137 Å². The lowest BCUT2D eigenvalue weighted by atomic mass is 10.0. The van der Waals surface area contributed by atoms with Crippen LogP contribution in [-0.4, -0.2) is 25.0 Å². The molecule has 0 aliphatic carbocycles. The van der Waals surface area contributed by atoms with E-state index in [2.05, 4.69) is 22.8 Å². The summed E-state index contributed by atoms with van der Waals surface area (Å²) in [6, 6.07) is 18.2. The minimum absolute atomic E-state index is 0. The summed E-state index contributed by atoms with van der Waals surface area (Å²) in [7, 11) is 0. The van der Waals surface area contributed by atoms with Crippen LogP contribution >= 0.6 is 12.4 Å². The van der Waals surface area contributed by atoms with Gasteiger partial charge in [-0.2, -0.15) is 0 Å². The summed E-state index contributed by atoms with van der Waals surface area (Å²) < 4.78 is 0. The van der Waals surface area contributed by atoms with E-state index in [0.29, 0.717) is 0 Å². The van der Waals surface area contributed by atoms with Crippen molar-refractivity contribution in [2.45, 2.75) is 18.9 Å². The third-order valence-electron chi connectivity index (χ3n) is 3.89. The van der Waals surface area contributed by atoms with Crippen molar-refractivity contribution in [3.63, 3.8) is 0 Å². The fraction of sp³-hybridized carbons (Fsp3) is 0.278. The molecule has 116 valence electrons. The first-order valence-electron chi connectivity index (χ1n) is 7.50. The molecule has 1 heterocycles. The number of hydrogen-bond acceptors (Lipinski definition) is 2. The molecule has 0 bridgehead atoms. The smallest absolute Gasteiger partial charge is 0.251 e. The summed E-state index contributed by atoms with van der Waals surface area (Å²) >= 11 is 0. The highest BCUT2D eigenvalue weighted by Gasteiger charge is 2.16. The molecule has 1 aliphatic rings. The van der Waals surface area contributed by atoms with E-state index in [4.69, 9.17) is 0 Å². The van der Waals surface area contributed by atoms with Crippen LogP contribution in [0.2, 0.25) is 0 Å². The van der Waals surface area contributed by atoms with Gasteiger partial charge in [-0.3, -0.25) is 4.79 Å². The van der Waals surface area contributed by atoms with Crippen LogP contribution in [0.15, 0.2) is 54.6 Å². The van der Waals surface area contributed by atoms with Crippen molar-refractivity contribution in [3.8, 4) is 11.1 Å². The third kappa shape index (κ3) is 4.09. The van der Waals surface area contributed by atoms with Crippen molar-refractivity contribution < 1.29 is 4.79 Å². The minimum atomic E-state index is 0. The zero-order valence-electron chi connectivity index (χ0n) is 12.4. The number of rotatable bonds is 3. The number of hydrogen-bond donors (Lipinski definition) is 2. The van der Waals surface area contributed by atoms with Crippen LogP contribution in [0.25, 0.3) is 11.1 Å². The highest BCUT2D eigenvalue weighted by atomic mass is 35.5. The molecule has 1 unspecified atom stereocenters. The molecule has 4 heteroatoms. The Kier molecular flexibility index (Phi) is 5.99. The Morgan fingerprint density at radius 1 is 1.00 bits per heavy atom. The molecule has 0 aromatic heterocycles. The average molecular weight is 317 g/mol. The van der Waals surface area contributed by atoms with Gasteiger partial charge in [0.15, 0.2) is 0 Å². The summed E-state index contributed by atoms with van der Waals surface area (Å²) in [6.45, 7) is 1.92. The zero-order valence-corrected chi connectivity index (χ0v) is 13.2. The van der Waals surface area contributed by atoms with Gasteiger partial charge >= 0.3 is 0 Å². The van der Waals surface area contributed by atoms with Crippen LogP contribution in [-0.2, 0) is 0 Å². The van der Waals surface area contributed by atoms with E-state index in [-0.39, 0.29) is 24.4 Å². The number of nitrogens with one attached hydrogen (secondary N) is 2. The largest absolute Gasteiger partial charge is 0.348 e. The van der Waals surface area contributed by atoms with Crippen LogP contribution in [0.3, 0.4) is 0 Å². The van der Waals surface area contributed by atoms with E-state index < -0.39 is 0 Å². The number of carbonyl (C=O) groups is 1. The fourth-order valence-corrected chi connectivity index (χ4v) is 2.69. The number of benzene rings is 2. The lowest BCUT2D eigenvalue weighted by Gasteiger charge is -2.23. The number of carbonyl (C=O) groups excluding carboxylic acids is 1. The predicted octanol–water partition coefficient (Wildman–Crippen LogP) is 3.26. The van der Waals surface area contributed by atoms with Crippen molar-refractivity contribution >= 4 is 18.3 Å². The van der Waals surface area contributed by atoms with Gasteiger partial charge in [0.2, 0.25) is 0 Å². The molecule has 1 atom stereocenters. The minimum Gasteiger partial charge on any atom is -0.348 e. The Hall–Kier alpha value is -1.84. The maximum atomic E-state index is 12.2. The summed E-state index contributed by atoms with van der Waals surface area (Å²) in [5, 5.41) is 6.40. The van der Waals surface area contributed by atoms with Gasteiger partial charge in [-0.1, -0.05) is 42.5 Å². The van der Waals surface area contributed by atoms with Crippen molar-refractivity contribution in [2.24, 2.45) is 0 Å². The van der Waals surface area contributed by atoms with Gasteiger partial charge in [-0.25, -0.2) is 0 Å². The molecule has 1 fully saturated rings. The molecule has 0 radical (unpaired) electrons. The normalized spacial score (nSPS) is 17.4. The quantitative estimate of drug-likeness (QED) is 0.912. The molecule has 3 nitrogen and oxygen atoms in total. The standard InChI is InChI=1S/C18H20N2O.ClH/c21-18(20-17-7-4-12-19-13-17)16-10-8-15(9-11-16)14-5-2-1-3-6-14;/h1-3,5-6,8-11,17,19H,4,7,12-13H2,(H,20,21);1H. The third-order valence-corrected chi connectivity index (χ3v) is 3.89. The Balaban J connectivity index is 0.00000176. The van der Waals surface area contributed by atoms with Gasteiger partial charge < -0.3 is 10.6 Å². The molecule has 0 spiro atoms. The molecule has 22 heavy (non-hydrogen) atoms. The molecule has 1 amide bonds. The second-order valence-electron chi connectivity index (χ2n) is 5.46. The van der Waals surface area contributed by atoms with E-state index in [1.807, 2.05) is 42.5 Å². The molecule has 3 rings (SSSR count). The van der Waals surface area contributed by atoms with Gasteiger partial charge in [0.1, 0.15) is 0 Å². The monoisotopic (exact) mass is 316 g/mol. The summed E-state index contributed by atoms with van der Waals surface area (Å²) in [6.07, 6.45) is 2.18. The fourth-order valence-electron chi connectivity index (χ4n) is 2.69. The Morgan fingerprint density at radius 3 is 2.32 bits per heavy atom. The van der Waals surface area contributed by atoms with Crippen LogP contribution in [0.1, 0.15) is 23.2 Å². The SMILES string of the molecule is Cl.O=C(NC1CCCNC1)c1ccc(-c2ccccc2)cc1. The maximum Gasteiger partial charge on any atom is 0.251 e. The Bertz CT molecular complexity index is 592. The van der Waals surface area contributed by atoms with Gasteiger partial charge in [-0.15, -0.1) is 12.4 Å². The van der Waals surface area contributed by atoms with Gasteiger partial charge in [-0.05, 0) is 42.6 Å². The van der Waals surface area contributed by atoms with Gasteiger partial charge in [0, 0.05) is 18.2 Å². The van der Waals surface area contributed by atoms with Crippen LogP contribution in [0.4, 0.5) is 0 Å². The molecule has 2 aromatic rings. The predicted molar refractivity (Wildman–Crippen MR) is 92.5 cm³/mol. The molecule has 1 aliphatic heterocycles. The van der Waals surface area contributed by atoms with Gasteiger partial charge in [0.05, 0.1) is 0 Å². The molecular formula is C18H21ClN2O. The number of amides is 1. The lowest BCUT2D eigenvalue weighted by Crippen LogP contribution is -2.45. The van der Waals surface area contributed by atoms with E-state index in [0.717, 1.165) is 37.1 Å². The first-order valence-corrected chi connectivity index (χ1v) is 7.50. The number of halogens is 1. The van der Waals surface area contributed by atoms with Gasteiger partial charge in [0.25, 0.3) is 5.91 Å². The van der Waals surface area contributed by atoms with Crippen molar-refractivity contribution in [3.05, 3.63) is 60.2 Å². The number of piperidine rings is 1. The molecule has 2 N–H and O–H groups in total. The van der Waals surface area contributed by atoms with Crippen molar-refractivity contribution in [1.29, 1.82) is 0 Å². The summed E-state index contributed by atoms with van der Waals surface area (Å²) in [5.41, 5.74) is 3.02. The molecular weight excluding hydrogens is 296 g/mol. The van der Waals surface area contributed by atoms with Crippen molar-refractivity contribution in [2.75, 3.05) is 13.1 Å². The van der Waals surface area contributed by atoms with E-state index in [9.17, 15) is 4.79 Å². The van der Waals surface area contributed by atoms with E-state index in [1.165, 1.54) is 5.56 Å². The molecule has 2 aromatic carbocycles. The average Bonchev–Trinajstić information content (AvgIpc) is 2.57. The highest BCUT2D eigenvalue weighted by molar-refractivity contribution is 5.94. The highest BCUT2D eigenvalue weighted by Crippen LogP contribution is 2.19. The summed E-state index contributed by atoms with van der Waals surface area (Å²) in [5.74, 6) is 0.0170. The second kappa shape index (κ2) is 7.97. The first kappa shape index (κ1) is 16.5. The summed E-state index contributed by atoms with van der Waals surface area (Å²) in [4.78, 5) is 12.2.